The number of rotatable bonds is 3. The topological polar surface area (TPSA) is 50.8 Å². The van der Waals surface area contributed by atoms with Crippen molar-refractivity contribution >= 4 is 11.2 Å². The number of nitrogens with one attached hydrogen (secondary N) is 1. The average molecular weight is 201 g/mol. The Bertz CT molecular complexity index is 465. The highest BCUT2D eigenvalue weighted by Gasteiger charge is 2.10. The molecule has 0 spiro atoms. The number of imidazole rings is 1. The minimum atomic E-state index is -0.143. The summed E-state index contributed by atoms with van der Waals surface area (Å²) in [5.74, 6) is 3.17. The van der Waals surface area contributed by atoms with Crippen molar-refractivity contribution in [1.82, 2.24) is 15.0 Å². The van der Waals surface area contributed by atoms with Crippen LogP contribution in [0.4, 0.5) is 0 Å². The molecule has 0 aliphatic carbocycles. The van der Waals surface area contributed by atoms with Crippen LogP contribution >= 0.6 is 0 Å². The molecule has 2 aromatic heterocycles. The summed E-state index contributed by atoms with van der Waals surface area (Å²) in [6.45, 7) is 2.18. The van der Waals surface area contributed by atoms with Crippen molar-refractivity contribution in [3.8, 4) is 12.3 Å². The molecule has 2 rings (SSSR count). The molecule has 4 heteroatoms. The van der Waals surface area contributed by atoms with Crippen LogP contribution in [0.3, 0.4) is 0 Å². The van der Waals surface area contributed by atoms with Crippen molar-refractivity contribution in [1.29, 1.82) is 0 Å². The zero-order valence-electron chi connectivity index (χ0n) is 8.40. The van der Waals surface area contributed by atoms with Gasteiger partial charge in [0.25, 0.3) is 0 Å². The predicted octanol–water partition coefficient (Wildman–Crippen LogP) is 1.67. The summed E-state index contributed by atoms with van der Waals surface area (Å²) in [6.07, 6.45) is 6.68. The Balaban J connectivity index is 2.25. The molecule has 0 aliphatic rings. The van der Waals surface area contributed by atoms with E-state index in [0.29, 0.717) is 5.65 Å². The fourth-order valence-corrected chi connectivity index (χ4v) is 1.31. The minimum Gasteiger partial charge on any atom is -0.358 e. The van der Waals surface area contributed by atoms with Crippen LogP contribution in [-0.4, -0.2) is 21.6 Å². The molecule has 15 heavy (non-hydrogen) atoms. The van der Waals surface area contributed by atoms with Gasteiger partial charge in [-0.15, -0.1) is 6.42 Å². The zero-order chi connectivity index (χ0) is 10.7. The molecule has 76 valence electrons. The molecular weight excluding hydrogens is 190 g/mol. The lowest BCUT2D eigenvalue weighted by atomic mass is 10.4. The summed E-state index contributed by atoms with van der Waals surface area (Å²) < 4.78 is 5.35. The summed E-state index contributed by atoms with van der Waals surface area (Å²) >= 11 is 0. The van der Waals surface area contributed by atoms with Gasteiger partial charge in [0, 0.05) is 6.20 Å². The number of H-pyrrole nitrogens is 1. The lowest BCUT2D eigenvalue weighted by Crippen LogP contribution is -2.02. The molecule has 0 radical (unpaired) electrons. The van der Waals surface area contributed by atoms with Crippen LogP contribution in [0.1, 0.15) is 18.9 Å². The maximum atomic E-state index is 5.35. The molecule has 2 aromatic rings. The summed E-state index contributed by atoms with van der Waals surface area (Å²) in [7, 11) is 0. The molecule has 2 heterocycles. The number of pyridine rings is 1. The van der Waals surface area contributed by atoms with E-state index in [9.17, 15) is 0 Å². The molecule has 1 atom stereocenters. The first-order valence-electron chi connectivity index (χ1n) is 4.67. The quantitative estimate of drug-likeness (QED) is 0.768. The number of hydrogen-bond donors (Lipinski definition) is 1. The molecule has 0 aliphatic heterocycles. The molecule has 0 amide bonds. The Morgan fingerprint density at radius 1 is 1.67 bits per heavy atom. The van der Waals surface area contributed by atoms with Crippen LogP contribution in [0.15, 0.2) is 18.3 Å². The Morgan fingerprint density at radius 3 is 3.27 bits per heavy atom. The van der Waals surface area contributed by atoms with Gasteiger partial charge in [-0.2, -0.15) is 0 Å². The smallest absolute Gasteiger partial charge is 0.177 e. The summed E-state index contributed by atoms with van der Waals surface area (Å²) in [5.41, 5.74) is 1.60. The van der Waals surface area contributed by atoms with Gasteiger partial charge in [0.2, 0.25) is 0 Å². The van der Waals surface area contributed by atoms with E-state index in [1.54, 1.807) is 6.20 Å². The van der Waals surface area contributed by atoms with Gasteiger partial charge in [-0.25, -0.2) is 9.97 Å². The number of terminal acetylenes is 1. The van der Waals surface area contributed by atoms with Gasteiger partial charge < -0.3 is 9.72 Å². The standard InChI is InChI=1S/C11H11N3O/c1-3-7-15-8(2)10-13-9-5-4-6-12-11(9)14-10/h1,4-6,8H,7H2,2H3,(H,12,13,14). The lowest BCUT2D eigenvalue weighted by Gasteiger charge is -2.06. The van der Waals surface area contributed by atoms with E-state index in [2.05, 4.69) is 20.9 Å². The third kappa shape index (κ3) is 1.97. The highest BCUT2D eigenvalue weighted by Crippen LogP contribution is 2.16. The second kappa shape index (κ2) is 4.11. The van der Waals surface area contributed by atoms with Crippen LogP contribution in [0.25, 0.3) is 11.2 Å². The number of ether oxygens (including phenoxy) is 1. The fourth-order valence-electron chi connectivity index (χ4n) is 1.31. The molecule has 4 nitrogen and oxygen atoms in total. The first-order chi connectivity index (χ1) is 7.31. The number of hydrogen-bond acceptors (Lipinski definition) is 3. The third-order valence-electron chi connectivity index (χ3n) is 2.08. The van der Waals surface area contributed by atoms with E-state index in [4.69, 9.17) is 11.2 Å². The molecule has 0 saturated carbocycles. The van der Waals surface area contributed by atoms with Gasteiger partial charge in [0.15, 0.2) is 5.65 Å². The normalized spacial score (nSPS) is 12.5. The molecule has 0 bridgehead atoms. The van der Waals surface area contributed by atoms with Gasteiger partial charge in [-0.3, -0.25) is 0 Å². The van der Waals surface area contributed by atoms with E-state index in [-0.39, 0.29) is 12.7 Å². The van der Waals surface area contributed by atoms with E-state index < -0.39 is 0 Å². The van der Waals surface area contributed by atoms with Gasteiger partial charge in [0.05, 0.1) is 5.52 Å². The largest absolute Gasteiger partial charge is 0.358 e. The number of aromatic amines is 1. The van der Waals surface area contributed by atoms with Crippen LogP contribution in [0, 0.1) is 12.3 Å². The second-order valence-corrected chi connectivity index (χ2v) is 3.15. The lowest BCUT2D eigenvalue weighted by molar-refractivity contribution is 0.0868. The highest BCUT2D eigenvalue weighted by molar-refractivity contribution is 5.69. The van der Waals surface area contributed by atoms with Gasteiger partial charge in [-0.05, 0) is 19.1 Å². The molecule has 0 saturated heterocycles. The van der Waals surface area contributed by atoms with Crippen molar-refractivity contribution in [3.05, 3.63) is 24.2 Å². The van der Waals surface area contributed by atoms with Crippen molar-refractivity contribution in [2.24, 2.45) is 0 Å². The van der Waals surface area contributed by atoms with Crippen molar-refractivity contribution in [2.45, 2.75) is 13.0 Å². The zero-order valence-corrected chi connectivity index (χ0v) is 8.40. The van der Waals surface area contributed by atoms with Gasteiger partial charge in [0.1, 0.15) is 18.5 Å². The van der Waals surface area contributed by atoms with Crippen LogP contribution in [-0.2, 0) is 4.74 Å². The number of aromatic nitrogens is 3. The molecular formula is C11H11N3O. The van der Waals surface area contributed by atoms with E-state index in [1.165, 1.54) is 0 Å². The van der Waals surface area contributed by atoms with Gasteiger partial charge >= 0.3 is 0 Å². The van der Waals surface area contributed by atoms with E-state index >= 15 is 0 Å². The minimum absolute atomic E-state index is 0.143. The second-order valence-electron chi connectivity index (χ2n) is 3.15. The first kappa shape index (κ1) is 9.69. The summed E-state index contributed by atoms with van der Waals surface area (Å²) in [5, 5.41) is 0. The van der Waals surface area contributed by atoms with Crippen molar-refractivity contribution < 1.29 is 4.74 Å². The molecule has 1 unspecified atom stereocenters. The van der Waals surface area contributed by atoms with Gasteiger partial charge in [-0.1, -0.05) is 5.92 Å². The molecule has 1 N–H and O–H groups in total. The SMILES string of the molecule is C#CCOC(C)c1nc2ncccc2[nH]1. The summed E-state index contributed by atoms with van der Waals surface area (Å²) in [6, 6.07) is 3.78. The van der Waals surface area contributed by atoms with Crippen LogP contribution in [0.2, 0.25) is 0 Å². The molecule has 0 fully saturated rings. The third-order valence-corrected chi connectivity index (χ3v) is 2.08. The summed E-state index contributed by atoms with van der Waals surface area (Å²) in [4.78, 5) is 11.6. The Morgan fingerprint density at radius 2 is 2.53 bits per heavy atom. The highest BCUT2D eigenvalue weighted by atomic mass is 16.5. The number of nitrogens with zero attached hydrogens (tertiary/aromatic N) is 2. The Kier molecular flexibility index (Phi) is 2.66. The maximum Gasteiger partial charge on any atom is 0.177 e. The predicted molar refractivity (Wildman–Crippen MR) is 57.1 cm³/mol. The van der Waals surface area contributed by atoms with Crippen molar-refractivity contribution in [2.75, 3.05) is 6.61 Å². The van der Waals surface area contributed by atoms with Crippen LogP contribution < -0.4 is 0 Å². The Hall–Kier alpha value is -1.86. The van der Waals surface area contributed by atoms with Crippen molar-refractivity contribution in [3.63, 3.8) is 0 Å². The average Bonchev–Trinajstić information content (AvgIpc) is 2.69. The monoisotopic (exact) mass is 201 g/mol. The van der Waals surface area contributed by atoms with E-state index in [0.717, 1.165) is 11.3 Å². The maximum absolute atomic E-state index is 5.35. The van der Waals surface area contributed by atoms with E-state index in [1.807, 2.05) is 19.1 Å². The van der Waals surface area contributed by atoms with Crippen LogP contribution in [0.5, 0.6) is 0 Å². The first-order valence-corrected chi connectivity index (χ1v) is 4.67. The molecule has 0 aromatic carbocycles. The fraction of sp³-hybridized carbons (Fsp3) is 0.273. The number of fused-ring (bicyclic) bond motifs is 1. The Labute approximate surface area is 87.7 Å².